The molecule has 1 atom stereocenters. The van der Waals surface area contributed by atoms with Gasteiger partial charge < -0.3 is 5.32 Å². The third-order valence-corrected chi connectivity index (χ3v) is 4.61. The maximum atomic E-state index is 13.2. The molecule has 1 aromatic carbocycles. The van der Waals surface area contributed by atoms with Crippen LogP contribution in [0.3, 0.4) is 0 Å². The van der Waals surface area contributed by atoms with Crippen LogP contribution >= 0.6 is 11.6 Å². The van der Waals surface area contributed by atoms with Gasteiger partial charge in [-0.2, -0.15) is 0 Å². The lowest BCUT2D eigenvalue weighted by molar-refractivity contribution is -0.123. The van der Waals surface area contributed by atoms with Gasteiger partial charge in [-0.15, -0.1) is 0 Å². The average Bonchev–Trinajstić information content (AvgIpc) is 2.68. The van der Waals surface area contributed by atoms with Crippen LogP contribution in [-0.4, -0.2) is 22.8 Å². The Labute approximate surface area is 168 Å². The van der Waals surface area contributed by atoms with Crippen molar-refractivity contribution in [1.82, 2.24) is 9.88 Å². The highest BCUT2D eigenvalue weighted by Gasteiger charge is 2.30. The Balaban J connectivity index is 2.22. The molecular weight excluding hydrogens is 383 g/mol. The molecule has 2 aromatic rings. The van der Waals surface area contributed by atoms with Crippen molar-refractivity contribution in [2.24, 2.45) is 0 Å². The summed E-state index contributed by atoms with van der Waals surface area (Å²) in [5, 5.41) is 2.96. The Morgan fingerprint density at radius 2 is 1.75 bits per heavy atom. The van der Waals surface area contributed by atoms with E-state index in [-0.39, 0.29) is 10.6 Å². The summed E-state index contributed by atoms with van der Waals surface area (Å²) in [6, 6.07) is 6.04. The normalized spacial score (nSPS) is 11.8. The number of ketones is 1. The standard InChI is InChI=1S/C21H24ClFN2O3/c1-2-3-4-5-6-13-24-21(28)19(25-14-16(22)9-12-18(25)26)20(27)15-7-10-17(23)11-8-15/h7-12,14,19H,2-6,13H2,1H3,(H,24,28)/t19-/m0/s1. The minimum atomic E-state index is -1.41. The SMILES string of the molecule is CCCCCCCNC(=O)[C@H](C(=O)c1ccc(F)cc1)n1cc(Cl)ccc1=O. The lowest BCUT2D eigenvalue weighted by atomic mass is 10.0. The van der Waals surface area contributed by atoms with Crippen LogP contribution in [0.25, 0.3) is 0 Å². The van der Waals surface area contributed by atoms with Crippen molar-refractivity contribution in [1.29, 1.82) is 0 Å². The van der Waals surface area contributed by atoms with Gasteiger partial charge in [0.15, 0.2) is 11.8 Å². The molecule has 0 aliphatic rings. The first-order chi connectivity index (χ1) is 13.4. The van der Waals surface area contributed by atoms with E-state index in [9.17, 15) is 18.8 Å². The maximum Gasteiger partial charge on any atom is 0.251 e. The summed E-state index contributed by atoms with van der Waals surface area (Å²) >= 11 is 5.96. The number of hydrogen-bond acceptors (Lipinski definition) is 3. The van der Waals surface area contributed by atoms with Gasteiger partial charge in [-0.25, -0.2) is 4.39 Å². The number of carbonyl (C=O) groups is 2. The molecule has 0 aliphatic carbocycles. The number of Topliss-reactive ketones (excluding diaryl/α,β-unsaturated/α-hetero) is 1. The quantitative estimate of drug-likeness (QED) is 0.366. The molecule has 0 spiro atoms. The van der Waals surface area contributed by atoms with Gasteiger partial charge in [-0.05, 0) is 36.8 Å². The van der Waals surface area contributed by atoms with Gasteiger partial charge in [0.05, 0.1) is 5.02 Å². The summed E-state index contributed by atoms with van der Waals surface area (Å²) in [7, 11) is 0. The summed E-state index contributed by atoms with van der Waals surface area (Å²) in [6.45, 7) is 2.53. The second-order valence-electron chi connectivity index (χ2n) is 6.57. The predicted molar refractivity (Wildman–Crippen MR) is 107 cm³/mol. The predicted octanol–water partition coefficient (Wildman–Crippen LogP) is 4.15. The van der Waals surface area contributed by atoms with Gasteiger partial charge in [0.1, 0.15) is 5.82 Å². The van der Waals surface area contributed by atoms with Crippen molar-refractivity contribution in [2.75, 3.05) is 6.54 Å². The van der Waals surface area contributed by atoms with Crippen LogP contribution < -0.4 is 10.9 Å². The average molecular weight is 407 g/mol. The Morgan fingerprint density at radius 3 is 2.43 bits per heavy atom. The molecular formula is C21H24ClFN2O3. The van der Waals surface area contributed by atoms with Gasteiger partial charge >= 0.3 is 0 Å². The smallest absolute Gasteiger partial charge is 0.251 e. The third kappa shape index (κ3) is 6.02. The molecule has 0 fully saturated rings. The number of halogens is 2. The molecule has 0 radical (unpaired) electrons. The van der Waals surface area contributed by atoms with Gasteiger partial charge in [0, 0.05) is 24.4 Å². The molecule has 7 heteroatoms. The molecule has 28 heavy (non-hydrogen) atoms. The van der Waals surface area contributed by atoms with Crippen molar-refractivity contribution in [3.8, 4) is 0 Å². The number of carbonyl (C=O) groups excluding carboxylic acids is 2. The van der Waals surface area contributed by atoms with E-state index in [4.69, 9.17) is 11.6 Å². The Bertz CT molecular complexity index is 865. The van der Waals surface area contributed by atoms with Crippen molar-refractivity contribution in [3.05, 3.63) is 69.4 Å². The molecule has 1 N–H and O–H groups in total. The molecule has 1 amide bonds. The molecule has 2 rings (SSSR count). The molecule has 0 bridgehead atoms. The van der Waals surface area contributed by atoms with Crippen molar-refractivity contribution < 1.29 is 14.0 Å². The lowest BCUT2D eigenvalue weighted by Gasteiger charge is -2.19. The number of amides is 1. The van der Waals surface area contributed by atoms with E-state index in [1.54, 1.807) is 0 Å². The first-order valence-corrected chi connectivity index (χ1v) is 9.77. The topological polar surface area (TPSA) is 68.2 Å². The Hall–Kier alpha value is -2.47. The Kier molecular flexibility index (Phi) is 8.39. The summed E-state index contributed by atoms with van der Waals surface area (Å²) in [6.07, 6.45) is 6.36. The molecule has 5 nitrogen and oxygen atoms in total. The number of nitrogens with zero attached hydrogens (tertiary/aromatic N) is 1. The molecule has 1 heterocycles. The lowest BCUT2D eigenvalue weighted by Crippen LogP contribution is -2.41. The van der Waals surface area contributed by atoms with E-state index >= 15 is 0 Å². The highest BCUT2D eigenvalue weighted by molar-refractivity contribution is 6.30. The van der Waals surface area contributed by atoms with Crippen molar-refractivity contribution in [2.45, 2.75) is 45.1 Å². The van der Waals surface area contributed by atoms with Gasteiger partial charge in [0.25, 0.3) is 11.5 Å². The van der Waals surface area contributed by atoms with E-state index in [2.05, 4.69) is 12.2 Å². The van der Waals surface area contributed by atoms with Crippen LogP contribution in [-0.2, 0) is 4.79 Å². The van der Waals surface area contributed by atoms with E-state index in [0.29, 0.717) is 6.54 Å². The second-order valence-corrected chi connectivity index (χ2v) is 7.01. The number of benzene rings is 1. The van der Waals surface area contributed by atoms with Crippen LogP contribution in [0.15, 0.2) is 47.4 Å². The highest BCUT2D eigenvalue weighted by atomic mass is 35.5. The number of unbranched alkanes of at least 4 members (excludes halogenated alkanes) is 4. The summed E-state index contributed by atoms with van der Waals surface area (Å²) in [4.78, 5) is 38.0. The minimum Gasteiger partial charge on any atom is -0.354 e. The zero-order chi connectivity index (χ0) is 20.5. The monoisotopic (exact) mass is 406 g/mol. The first-order valence-electron chi connectivity index (χ1n) is 9.39. The fraction of sp³-hybridized carbons (Fsp3) is 0.381. The number of aromatic nitrogens is 1. The summed E-state index contributed by atoms with van der Waals surface area (Å²) in [5.74, 6) is -1.69. The number of rotatable bonds is 10. The van der Waals surface area contributed by atoms with Crippen LogP contribution in [0.4, 0.5) is 4.39 Å². The van der Waals surface area contributed by atoms with E-state index in [1.807, 2.05) is 0 Å². The molecule has 0 saturated carbocycles. The van der Waals surface area contributed by atoms with Crippen molar-refractivity contribution >= 4 is 23.3 Å². The van der Waals surface area contributed by atoms with E-state index in [1.165, 1.54) is 30.5 Å². The summed E-state index contributed by atoms with van der Waals surface area (Å²) < 4.78 is 14.2. The van der Waals surface area contributed by atoms with Crippen LogP contribution in [0.5, 0.6) is 0 Å². The van der Waals surface area contributed by atoms with E-state index < -0.39 is 29.1 Å². The fourth-order valence-corrected chi connectivity index (χ4v) is 3.03. The first kappa shape index (κ1) is 21.8. The van der Waals surface area contributed by atoms with Gasteiger partial charge in [-0.1, -0.05) is 44.2 Å². The number of nitrogens with one attached hydrogen (secondary N) is 1. The number of hydrogen-bond donors (Lipinski definition) is 1. The van der Waals surface area contributed by atoms with Gasteiger partial charge in [-0.3, -0.25) is 19.0 Å². The van der Waals surface area contributed by atoms with Crippen LogP contribution in [0.2, 0.25) is 5.02 Å². The molecule has 150 valence electrons. The van der Waals surface area contributed by atoms with Crippen LogP contribution in [0.1, 0.15) is 55.4 Å². The minimum absolute atomic E-state index is 0.136. The highest BCUT2D eigenvalue weighted by Crippen LogP contribution is 2.17. The maximum absolute atomic E-state index is 13.2. The molecule has 0 aliphatic heterocycles. The second kappa shape index (κ2) is 10.8. The Morgan fingerprint density at radius 1 is 1.07 bits per heavy atom. The fourth-order valence-electron chi connectivity index (χ4n) is 2.86. The largest absolute Gasteiger partial charge is 0.354 e. The number of pyridine rings is 1. The molecule has 1 aromatic heterocycles. The summed E-state index contributed by atoms with van der Waals surface area (Å²) in [5.41, 5.74) is -0.390. The zero-order valence-corrected chi connectivity index (χ0v) is 16.5. The zero-order valence-electron chi connectivity index (χ0n) is 15.8. The molecule has 0 saturated heterocycles. The van der Waals surface area contributed by atoms with Crippen LogP contribution in [0, 0.1) is 5.82 Å². The molecule has 0 unspecified atom stereocenters. The van der Waals surface area contributed by atoms with Crippen molar-refractivity contribution in [3.63, 3.8) is 0 Å². The van der Waals surface area contributed by atoms with E-state index in [0.717, 1.165) is 48.8 Å². The third-order valence-electron chi connectivity index (χ3n) is 4.39. The van der Waals surface area contributed by atoms with Gasteiger partial charge in [0.2, 0.25) is 0 Å².